The molecular weight excluding hydrogens is 527 g/mol. The van der Waals surface area contributed by atoms with Crippen molar-refractivity contribution in [3.63, 3.8) is 0 Å². The maximum Gasteiger partial charge on any atom is 0.191 e. The largest absolute Gasteiger partial charge is 0.381 e. The van der Waals surface area contributed by atoms with Gasteiger partial charge in [-0.25, -0.2) is 8.42 Å². The lowest BCUT2D eigenvalue weighted by Gasteiger charge is -2.36. The van der Waals surface area contributed by atoms with Crippen molar-refractivity contribution in [1.29, 1.82) is 0 Å². The zero-order valence-corrected chi connectivity index (χ0v) is 22.0. The molecule has 1 atom stereocenters. The zero-order valence-electron chi connectivity index (χ0n) is 18.9. The first-order valence-electron chi connectivity index (χ1n) is 11.0. The smallest absolute Gasteiger partial charge is 0.191 e. The van der Waals surface area contributed by atoms with Gasteiger partial charge in [-0.05, 0) is 51.7 Å². The third-order valence-electron chi connectivity index (χ3n) is 6.22. The zero-order chi connectivity index (χ0) is 21.6. The molecule has 0 spiro atoms. The molecule has 2 heterocycles. The molecule has 1 aromatic rings. The Balaban J connectivity index is 0.00000341. The number of anilines is 1. The number of sulfone groups is 1. The first-order chi connectivity index (χ1) is 14.3. The van der Waals surface area contributed by atoms with Gasteiger partial charge in [-0.3, -0.25) is 4.99 Å². The van der Waals surface area contributed by atoms with E-state index in [1.165, 1.54) is 17.5 Å². The highest BCUT2D eigenvalue weighted by molar-refractivity contribution is 14.0. The number of piperidine rings is 1. The third kappa shape index (κ3) is 6.95. The molecule has 2 fully saturated rings. The van der Waals surface area contributed by atoms with Crippen molar-refractivity contribution in [3.8, 4) is 0 Å². The van der Waals surface area contributed by atoms with Gasteiger partial charge in [-0.2, -0.15) is 0 Å². The minimum absolute atomic E-state index is 0. The molecular formula is C22H37IN4O3S. The summed E-state index contributed by atoms with van der Waals surface area (Å²) in [5, 5.41) is 6.84. The van der Waals surface area contributed by atoms with Gasteiger partial charge in [0.25, 0.3) is 0 Å². The molecule has 2 N–H and O–H groups in total. The number of hydrogen-bond donors (Lipinski definition) is 2. The molecule has 1 unspecified atom stereocenters. The summed E-state index contributed by atoms with van der Waals surface area (Å²) >= 11 is 0. The number of aryl methyl sites for hydroxylation is 1. The summed E-state index contributed by atoms with van der Waals surface area (Å²) < 4.78 is 29.6. The topological polar surface area (TPSA) is 83.0 Å². The van der Waals surface area contributed by atoms with Gasteiger partial charge in [-0.1, -0.05) is 17.7 Å². The Hall–Kier alpha value is -1.07. The Morgan fingerprint density at radius 1 is 1.26 bits per heavy atom. The SMILES string of the molecule is CCNC(=NCC1(S(C)(=O)=O)CCOCC1)NC1CCCN(c2ccc(C)cc2)C1.I. The van der Waals surface area contributed by atoms with Crippen molar-refractivity contribution >= 4 is 45.5 Å². The summed E-state index contributed by atoms with van der Waals surface area (Å²) in [6, 6.07) is 8.92. The first-order valence-corrected chi connectivity index (χ1v) is 12.9. The summed E-state index contributed by atoms with van der Waals surface area (Å²) in [5.74, 6) is 0.697. The second-order valence-corrected chi connectivity index (χ2v) is 10.9. The van der Waals surface area contributed by atoms with Crippen LogP contribution in [0.15, 0.2) is 29.3 Å². The monoisotopic (exact) mass is 564 g/mol. The van der Waals surface area contributed by atoms with E-state index in [0.29, 0.717) is 32.0 Å². The van der Waals surface area contributed by atoms with Crippen LogP contribution in [0.4, 0.5) is 5.69 Å². The van der Waals surface area contributed by atoms with Crippen molar-refractivity contribution in [2.75, 3.05) is 50.5 Å². The molecule has 7 nitrogen and oxygen atoms in total. The summed E-state index contributed by atoms with van der Waals surface area (Å²) in [6.07, 6.45) is 4.50. The minimum Gasteiger partial charge on any atom is -0.381 e. The van der Waals surface area contributed by atoms with E-state index in [1.807, 2.05) is 6.92 Å². The average Bonchev–Trinajstić information content (AvgIpc) is 2.73. The quantitative estimate of drug-likeness (QED) is 0.314. The molecule has 1 aromatic carbocycles. The van der Waals surface area contributed by atoms with Crippen molar-refractivity contribution in [2.24, 2.45) is 4.99 Å². The van der Waals surface area contributed by atoms with Gasteiger partial charge in [0, 0.05) is 50.8 Å². The maximum absolute atomic E-state index is 12.5. The molecule has 3 rings (SSSR count). The Labute approximate surface area is 204 Å². The molecule has 0 radical (unpaired) electrons. The van der Waals surface area contributed by atoms with Crippen LogP contribution in [0.3, 0.4) is 0 Å². The minimum atomic E-state index is -3.23. The summed E-state index contributed by atoms with van der Waals surface area (Å²) in [4.78, 5) is 7.12. The number of aliphatic imine (C=N–C) groups is 1. The Kier molecular flexibility index (Phi) is 9.88. The normalized spacial score (nSPS) is 21.8. The number of ether oxygens (including phenoxy) is 1. The van der Waals surface area contributed by atoms with Gasteiger partial charge < -0.3 is 20.3 Å². The predicted octanol–water partition coefficient (Wildman–Crippen LogP) is 2.73. The highest BCUT2D eigenvalue weighted by Gasteiger charge is 2.42. The van der Waals surface area contributed by atoms with Gasteiger partial charge >= 0.3 is 0 Å². The fourth-order valence-electron chi connectivity index (χ4n) is 4.21. The molecule has 0 amide bonds. The molecule has 31 heavy (non-hydrogen) atoms. The number of guanidine groups is 1. The van der Waals surface area contributed by atoms with Gasteiger partial charge in [0.2, 0.25) is 0 Å². The van der Waals surface area contributed by atoms with E-state index in [2.05, 4.69) is 46.7 Å². The van der Waals surface area contributed by atoms with Crippen LogP contribution in [-0.2, 0) is 14.6 Å². The lowest BCUT2D eigenvalue weighted by Crippen LogP contribution is -2.52. The standard InChI is InChI=1S/C22H36N4O3S.HI/c1-4-23-21(24-17-22(30(3,27)28)11-14-29-15-12-22)25-19-6-5-13-26(16-19)20-9-7-18(2)8-10-20;/h7-10,19H,4-6,11-17H2,1-3H3,(H2,23,24,25);1H. The Morgan fingerprint density at radius 2 is 1.94 bits per heavy atom. The molecule has 2 saturated heterocycles. The number of halogens is 1. The van der Waals surface area contributed by atoms with Crippen molar-refractivity contribution in [2.45, 2.75) is 50.3 Å². The molecule has 0 aliphatic carbocycles. The number of benzene rings is 1. The third-order valence-corrected chi connectivity index (χ3v) is 8.33. The maximum atomic E-state index is 12.5. The number of nitrogens with zero attached hydrogens (tertiary/aromatic N) is 2. The summed E-state index contributed by atoms with van der Waals surface area (Å²) in [6.45, 7) is 8.02. The molecule has 2 aliphatic rings. The van der Waals surface area contributed by atoms with E-state index in [0.717, 1.165) is 32.5 Å². The van der Waals surface area contributed by atoms with Crippen molar-refractivity contribution in [1.82, 2.24) is 10.6 Å². The van der Waals surface area contributed by atoms with Gasteiger partial charge in [0.1, 0.15) is 0 Å². The number of hydrogen-bond acceptors (Lipinski definition) is 5. The van der Waals surface area contributed by atoms with Crippen LogP contribution in [0.2, 0.25) is 0 Å². The lowest BCUT2D eigenvalue weighted by atomic mass is 9.99. The fraction of sp³-hybridized carbons (Fsp3) is 0.682. The highest BCUT2D eigenvalue weighted by Crippen LogP contribution is 2.29. The second kappa shape index (κ2) is 11.7. The highest BCUT2D eigenvalue weighted by atomic mass is 127. The van der Waals surface area contributed by atoms with Crippen LogP contribution in [0.1, 0.15) is 38.2 Å². The molecule has 2 aliphatic heterocycles. The van der Waals surface area contributed by atoms with Crippen LogP contribution >= 0.6 is 24.0 Å². The Bertz CT molecular complexity index is 824. The van der Waals surface area contributed by atoms with E-state index in [4.69, 9.17) is 9.73 Å². The van der Waals surface area contributed by atoms with Gasteiger partial charge in [0.15, 0.2) is 15.8 Å². The average molecular weight is 565 g/mol. The summed E-state index contributed by atoms with van der Waals surface area (Å²) in [7, 11) is -3.23. The van der Waals surface area contributed by atoms with E-state index in [1.54, 1.807) is 0 Å². The van der Waals surface area contributed by atoms with E-state index in [9.17, 15) is 8.42 Å². The van der Waals surface area contributed by atoms with E-state index < -0.39 is 14.6 Å². The van der Waals surface area contributed by atoms with Crippen LogP contribution in [0.5, 0.6) is 0 Å². The lowest BCUT2D eigenvalue weighted by molar-refractivity contribution is 0.0768. The Morgan fingerprint density at radius 3 is 2.55 bits per heavy atom. The van der Waals surface area contributed by atoms with E-state index in [-0.39, 0.29) is 36.6 Å². The van der Waals surface area contributed by atoms with E-state index >= 15 is 0 Å². The number of rotatable bonds is 6. The fourth-order valence-corrected chi connectivity index (χ4v) is 5.42. The molecule has 0 aromatic heterocycles. The van der Waals surface area contributed by atoms with Gasteiger partial charge in [0.05, 0.1) is 11.3 Å². The van der Waals surface area contributed by atoms with Gasteiger partial charge in [-0.15, -0.1) is 24.0 Å². The molecule has 0 bridgehead atoms. The number of nitrogens with one attached hydrogen (secondary N) is 2. The molecule has 0 saturated carbocycles. The van der Waals surface area contributed by atoms with Crippen LogP contribution < -0.4 is 15.5 Å². The summed E-state index contributed by atoms with van der Waals surface area (Å²) in [5.41, 5.74) is 2.51. The van der Waals surface area contributed by atoms with Crippen LogP contribution in [0, 0.1) is 6.92 Å². The first kappa shape index (κ1) is 26.2. The van der Waals surface area contributed by atoms with Crippen molar-refractivity contribution < 1.29 is 13.2 Å². The molecule has 176 valence electrons. The van der Waals surface area contributed by atoms with Crippen LogP contribution in [0.25, 0.3) is 0 Å². The van der Waals surface area contributed by atoms with Crippen molar-refractivity contribution in [3.05, 3.63) is 29.8 Å². The van der Waals surface area contributed by atoms with Crippen LogP contribution in [-0.4, -0.2) is 70.8 Å². The predicted molar refractivity (Wildman–Crippen MR) is 139 cm³/mol. The second-order valence-electron chi connectivity index (χ2n) is 8.53. The molecule has 9 heteroatoms.